The molecule has 2 aromatic carbocycles. The van der Waals surface area contributed by atoms with Crippen molar-refractivity contribution in [2.24, 2.45) is 0 Å². The number of halogens is 2. The van der Waals surface area contributed by atoms with E-state index in [0.29, 0.717) is 11.7 Å². The number of anilines is 1. The number of carbonyl (C=O) groups is 1. The summed E-state index contributed by atoms with van der Waals surface area (Å²) in [6, 6.07) is 11.8. The first kappa shape index (κ1) is 17.1. The van der Waals surface area contributed by atoms with Crippen LogP contribution in [0.15, 0.2) is 47.0 Å². The van der Waals surface area contributed by atoms with Crippen LogP contribution >= 0.6 is 11.6 Å². The predicted octanol–water partition coefficient (Wildman–Crippen LogP) is 4.41. The van der Waals surface area contributed by atoms with Gasteiger partial charge in [-0.2, -0.15) is 4.98 Å². The Morgan fingerprint density at radius 2 is 2.00 bits per heavy atom. The summed E-state index contributed by atoms with van der Waals surface area (Å²) < 4.78 is 18.8. The zero-order valence-corrected chi connectivity index (χ0v) is 14.2. The van der Waals surface area contributed by atoms with Gasteiger partial charge in [-0.3, -0.25) is 4.79 Å². The summed E-state index contributed by atoms with van der Waals surface area (Å²) in [6.45, 7) is 1.99. The number of rotatable bonds is 5. The number of hydrogen-bond donors (Lipinski definition) is 1. The second-order valence-corrected chi connectivity index (χ2v) is 5.99. The van der Waals surface area contributed by atoms with Crippen molar-refractivity contribution in [2.75, 3.05) is 5.32 Å². The van der Waals surface area contributed by atoms with E-state index in [2.05, 4.69) is 15.5 Å². The maximum atomic E-state index is 13.7. The summed E-state index contributed by atoms with van der Waals surface area (Å²) in [5.74, 6) is -0.113. The number of hydrogen-bond acceptors (Lipinski definition) is 4. The smallest absolute Gasteiger partial charge is 0.227 e. The molecule has 1 N–H and O–H groups in total. The van der Waals surface area contributed by atoms with Gasteiger partial charge in [0.2, 0.25) is 17.6 Å². The first-order valence-corrected chi connectivity index (χ1v) is 8.03. The molecule has 0 fully saturated rings. The monoisotopic (exact) mass is 359 g/mol. The summed E-state index contributed by atoms with van der Waals surface area (Å²) in [5.41, 5.74) is 2.06. The van der Waals surface area contributed by atoms with Crippen molar-refractivity contribution in [1.29, 1.82) is 0 Å². The molecular weight excluding hydrogens is 345 g/mol. The topological polar surface area (TPSA) is 68.0 Å². The summed E-state index contributed by atoms with van der Waals surface area (Å²) in [5, 5.41) is 6.67. The van der Waals surface area contributed by atoms with Gasteiger partial charge in [-0.15, -0.1) is 0 Å². The van der Waals surface area contributed by atoms with Gasteiger partial charge in [0.05, 0.1) is 5.69 Å². The van der Waals surface area contributed by atoms with Crippen LogP contribution < -0.4 is 5.32 Å². The van der Waals surface area contributed by atoms with Gasteiger partial charge in [-0.1, -0.05) is 46.6 Å². The Bertz CT molecular complexity index is 894. The lowest BCUT2D eigenvalue weighted by molar-refractivity contribution is -0.116. The molecule has 0 spiro atoms. The van der Waals surface area contributed by atoms with Crippen molar-refractivity contribution in [2.45, 2.75) is 19.8 Å². The van der Waals surface area contributed by atoms with Crippen LogP contribution in [0.3, 0.4) is 0 Å². The first-order valence-electron chi connectivity index (χ1n) is 7.66. The van der Waals surface area contributed by atoms with E-state index in [4.69, 9.17) is 16.1 Å². The minimum Gasteiger partial charge on any atom is -0.339 e. The molecule has 0 unspecified atom stereocenters. The van der Waals surface area contributed by atoms with E-state index in [-0.39, 0.29) is 29.5 Å². The van der Waals surface area contributed by atoms with Crippen molar-refractivity contribution in [3.8, 4) is 11.4 Å². The highest BCUT2D eigenvalue weighted by atomic mass is 35.5. The van der Waals surface area contributed by atoms with E-state index in [0.717, 1.165) is 17.2 Å². The van der Waals surface area contributed by atoms with Gasteiger partial charge in [0.25, 0.3) is 0 Å². The molecule has 0 aliphatic carbocycles. The Labute approximate surface area is 148 Å². The minimum atomic E-state index is -0.583. The Hall–Kier alpha value is -2.73. The molecule has 3 aromatic rings. The third-order valence-corrected chi connectivity index (χ3v) is 3.78. The van der Waals surface area contributed by atoms with Crippen molar-refractivity contribution >= 4 is 23.2 Å². The van der Waals surface area contributed by atoms with Gasteiger partial charge >= 0.3 is 0 Å². The third-order valence-electron chi connectivity index (χ3n) is 3.55. The van der Waals surface area contributed by atoms with Gasteiger partial charge in [0, 0.05) is 23.4 Å². The third kappa shape index (κ3) is 4.42. The van der Waals surface area contributed by atoms with Gasteiger partial charge in [0.15, 0.2) is 0 Å². The van der Waals surface area contributed by atoms with Crippen LogP contribution in [0.1, 0.15) is 17.9 Å². The molecular formula is C18H15ClFN3O2. The number of amides is 1. The highest BCUT2D eigenvalue weighted by Gasteiger charge is 2.12. The fourth-order valence-corrected chi connectivity index (χ4v) is 2.36. The molecule has 0 saturated carbocycles. The summed E-state index contributed by atoms with van der Waals surface area (Å²) in [6.07, 6.45) is 0.359. The van der Waals surface area contributed by atoms with E-state index in [1.807, 2.05) is 31.2 Å². The van der Waals surface area contributed by atoms with Crippen LogP contribution in [-0.2, 0) is 11.2 Å². The Morgan fingerprint density at radius 3 is 2.72 bits per heavy atom. The molecule has 5 nitrogen and oxygen atoms in total. The van der Waals surface area contributed by atoms with Crippen LogP contribution in [0.2, 0.25) is 5.02 Å². The molecule has 25 heavy (non-hydrogen) atoms. The van der Waals surface area contributed by atoms with E-state index in [9.17, 15) is 9.18 Å². The highest BCUT2D eigenvalue weighted by molar-refractivity contribution is 6.30. The zero-order valence-electron chi connectivity index (χ0n) is 13.4. The molecule has 7 heteroatoms. The Morgan fingerprint density at radius 1 is 1.24 bits per heavy atom. The lowest BCUT2D eigenvalue weighted by Crippen LogP contribution is -2.13. The average Bonchev–Trinajstić information content (AvgIpc) is 3.05. The summed E-state index contributed by atoms with van der Waals surface area (Å²) >= 11 is 5.68. The maximum absolute atomic E-state index is 13.7. The minimum absolute atomic E-state index is 0.0836. The van der Waals surface area contributed by atoms with E-state index >= 15 is 0 Å². The molecule has 3 rings (SSSR count). The number of aromatic nitrogens is 2. The SMILES string of the molecule is Cc1ccc(-c2noc(CCC(=O)Nc3ccc(Cl)cc3F)n2)cc1. The summed E-state index contributed by atoms with van der Waals surface area (Å²) in [4.78, 5) is 16.2. The number of carbonyl (C=O) groups excluding carboxylic acids is 1. The second kappa shape index (κ2) is 7.44. The summed E-state index contributed by atoms with van der Waals surface area (Å²) in [7, 11) is 0. The van der Waals surface area contributed by atoms with Crippen LogP contribution in [0.5, 0.6) is 0 Å². The van der Waals surface area contributed by atoms with Gasteiger partial charge in [-0.25, -0.2) is 4.39 Å². The van der Waals surface area contributed by atoms with Crippen LogP contribution in [0.4, 0.5) is 10.1 Å². The number of aryl methyl sites for hydroxylation is 2. The van der Waals surface area contributed by atoms with Gasteiger partial charge in [-0.05, 0) is 25.1 Å². The molecule has 1 heterocycles. The van der Waals surface area contributed by atoms with Crippen molar-refractivity contribution in [3.05, 3.63) is 64.8 Å². The lowest BCUT2D eigenvalue weighted by atomic mass is 10.1. The number of nitrogens with one attached hydrogen (secondary N) is 1. The molecule has 0 aliphatic heterocycles. The Balaban J connectivity index is 1.58. The largest absolute Gasteiger partial charge is 0.339 e. The molecule has 1 amide bonds. The normalized spacial score (nSPS) is 10.7. The van der Waals surface area contributed by atoms with E-state index < -0.39 is 5.82 Å². The molecule has 0 saturated heterocycles. The fourth-order valence-electron chi connectivity index (χ4n) is 2.20. The quantitative estimate of drug-likeness (QED) is 0.732. The van der Waals surface area contributed by atoms with E-state index in [1.54, 1.807) is 0 Å². The van der Waals surface area contributed by atoms with Crippen LogP contribution in [0.25, 0.3) is 11.4 Å². The lowest BCUT2D eigenvalue weighted by Gasteiger charge is -2.05. The molecule has 0 bridgehead atoms. The number of benzene rings is 2. The van der Waals surface area contributed by atoms with Crippen molar-refractivity contribution < 1.29 is 13.7 Å². The Kier molecular flexibility index (Phi) is 5.09. The molecule has 0 radical (unpaired) electrons. The van der Waals surface area contributed by atoms with Crippen LogP contribution in [0, 0.1) is 12.7 Å². The van der Waals surface area contributed by atoms with Crippen LogP contribution in [-0.4, -0.2) is 16.0 Å². The first-order chi connectivity index (χ1) is 12.0. The predicted molar refractivity (Wildman–Crippen MR) is 92.8 cm³/mol. The second-order valence-electron chi connectivity index (χ2n) is 5.55. The highest BCUT2D eigenvalue weighted by Crippen LogP contribution is 2.20. The fraction of sp³-hybridized carbons (Fsp3) is 0.167. The standard InChI is InChI=1S/C18H15ClFN3O2/c1-11-2-4-12(5-3-11)18-22-17(25-23-18)9-8-16(24)21-15-7-6-13(19)10-14(15)20/h2-7,10H,8-9H2,1H3,(H,21,24). The zero-order chi connectivity index (χ0) is 17.8. The molecule has 128 valence electrons. The van der Waals surface area contributed by atoms with Crippen molar-refractivity contribution in [3.63, 3.8) is 0 Å². The van der Waals surface area contributed by atoms with Crippen molar-refractivity contribution in [1.82, 2.24) is 10.1 Å². The van der Waals surface area contributed by atoms with Gasteiger partial charge < -0.3 is 9.84 Å². The number of nitrogens with zero attached hydrogens (tertiary/aromatic N) is 2. The molecule has 0 aliphatic rings. The van der Waals surface area contributed by atoms with Gasteiger partial charge in [0.1, 0.15) is 5.82 Å². The maximum Gasteiger partial charge on any atom is 0.227 e. The molecule has 1 aromatic heterocycles. The molecule has 0 atom stereocenters. The van der Waals surface area contributed by atoms with E-state index in [1.165, 1.54) is 12.1 Å². The average molecular weight is 360 g/mol.